The van der Waals surface area contributed by atoms with E-state index >= 15 is 0 Å². The number of fused-ring (bicyclic) bond motifs is 1. The van der Waals surface area contributed by atoms with Crippen LogP contribution in [0.25, 0.3) is 0 Å². The molecule has 0 spiro atoms. The predicted molar refractivity (Wildman–Crippen MR) is 35.4 cm³/mol. The van der Waals surface area contributed by atoms with Crippen molar-refractivity contribution in [1.29, 1.82) is 0 Å². The van der Waals surface area contributed by atoms with Crippen molar-refractivity contribution < 1.29 is 9.57 Å². The van der Waals surface area contributed by atoms with Crippen LogP contribution in [0.2, 0.25) is 0 Å². The number of rotatable bonds is 2. The minimum Gasteiger partial charge on any atom is -0.327 e. The highest BCUT2D eigenvalue weighted by atomic mass is 17.0. The topological polar surface area (TPSA) is 24.8 Å². The van der Waals surface area contributed by atoms with E-state index in [1.54, 1.807) is 0 Å². The van der Waals surface area contributed by atoms with E-state index in [0.29, 0.717) is 0 Å². The highest BCUT2D eigenvalue weighted by Gasteiger charge is 2.60. The van der Waals surface area contributed by atoms with E-state index in [0.717, 1.165) is 25.9 Å². The molecule has 10 heavy (non-hydrogen) atoms. The zero-order valence-corrected chi connectivity index (χ0v) is 6.39. The van der Waals surface area contributed by atoms with Gasteiger partial charge in [-0.1, -0.05) is 13.8 Å². The molecule has 0 aromatic carbocycles. The first-order valence-corrected chi connectivity index (χ1v) is 3.80. The van der Waals surface area contributed by atoms with E-state index in [4.69, 9.17) is 9.57 Å². The van der Waals surface area contributed by atoms with E-state index in [1.807, 2.05) is 5.06 Å². The molecule has 0 bridgehead atoms. The standard InChI is InChI=1S/C7H12NO2/c1-3-7(4-2)5-9-6-8(7)10-6/h3-5H2,1-2H3. The van der Waals surface area contributed by atoms with Crippen LogP contribution in [0.4, 0.5) is 0 Å². The second-order valence-corrected chi connectivity index (χ2v) is 2.87. The van der Waals surface area contributed by atoms with Crippen LogP contribution in [0.3, 0.4) is 0 Å². The third-order valence-electron chi connectivity index (χ3n) is 2.51. The van der Waals surface area contributed by atoms with Crippen LogP contribution in [0, 0.1) is 6.41 Å². The van der Waals surface area contributed by atoms with Crippen molar-refractivity contribution in [2.24, 2.45) is 0 Å². The Morgan fingerprint density at radius 2 is 2.20 bits per heavy atom. The molecule has 0 saturated carbocycles. The van der Waals surface area contributed by atoms with E-state index in [-0.39, 0.29) is 5.54 Å². The molecule has 0 amide bonds. The Morgan fingerprint density at radius 1 is 1.50 bits per heavy atom. The molecule has 1 radical (unpaired) electrons. The van der Waals surface area contributed by atoms with Gasteiger partial charge >= 0.3 is 6.41 Å². The van der Waals surface area contributed by atoms with E-state index in [9.17, 15) is 0 Å². The van der Waals surface area contributed by atoms with Crippen molar-refractivity contribution in [2.45, 2.75) is 32.2 Å². The van der Waals surface area contributed by atoms with Gasteiger partial charge in [0, 0.05) is 0 Å². The lowest BCUT2D eigenvalue weighted by atomic mass is 9.95. The lowest BCUT2D eigenvalue weighted by Crippen LogP contribution is -2.36. The molecule has 0 aliphatic carbocycles. The van der Waals surface area contributed by atoms with Crippen molar-refractivity contribution in [3.05, 3.63) is 6.41 Å². The molecule has 2 rings (SSSR count). The highest BCUT2D eigenvalue weighted by Crippen LogP contribution is 2.48. The normalized spacial score (nSPS) is 36.0. The van der Waals surface area contributed by atoms with Crippen LogP contribution < -0.4 is 0 Å². The lowest BCUT2D eigenvalue weighted by Gasteiger charge is -2.24. The van der Waals surface area contributed by atoms with Gasteiger partial charge in [-0.2, -0.15) is 0 Å². The summed E-state index contributed by atoms with van der Waals surface area (Å²) in [5.41, 5.74) is 0.162. The molecule has 1 atom stereocenters. The Kier molecular flexibility index (Phi) is 1.27. The molecular weight excluding hydrogens is 130 g/mol. The summed E-state index contributed by atoms with van der Waals surface area (Å²) in [6.07, 6.45) is 2.91. The Hall–Kier alpha value is -0.120. The fourth-order valence-electron chi connectivity index (χ4n) is 1.43. The number of ether oxygens (including phenoxy) is 1. The molecule has 2 aliphatic rings. The van der Waals surface area contributed by atoms with Gasteiger partial charge in [-0.05, 0) is 12.8 Å². The van der Waals surface area contributed by atoms with Gasteiger partial charge in [0.25, 0.3) is 0 Å². The molecular formula is C7H12NO2. The largest absolute Gasteiger partial charge is 0.346 e. The van der Waals surface area contributed by atoms with E-state index in [2.05, 4.69) is 13.8 Å². The highest BCUT2D eigenvalue weighted by molar-refractivity contribution is 5.00. The average Bonchev–Trinajstić information content (AvgIpc) is 2.68. The van der Waals surface area contributed by atoms with Crippen LogP contribution in [0.1, 0.15) is 26.7 Å². The van der Waals surface area contributed by atoms with Crippen LogP contribution in [-0.2, 0) is 9.57 Å². The number of nitrogens with zero attached hydrogens (tertiary/aromatic N) is 1. The Labute approximate surface area is 60.9 Å². The van der Waals surface area contributed by atoms with Gasteiger partial charge in [-0.25, -0.2) is 4.84 Å². The minimum absolute atomic E-state index is 0.162. The molecule has 3 nitrogen and oxygen atoms in total. The smallest absolute Gasteiger partial charge is 0.327 e. The number of hydroxylamine groups is 2. The molecule has 0 N–H and O–H groups in total. The predicted octanol–water partition coefficient (Wildman–Crippen LogP) is 1.27. The molecule has 2 aliphatic heterocycles. The van der Waals surface area contributed by atoms with Gasteiger partial charge in [0.15, 0.2) is 0 Å². The first-order valence-electron chi connectivity index (χ1n) is 3.80. The maximum atomic E-state index is 5.24. The summed E-state index contributed by atoms with van der Waals surface area (Å²) in [4.78, 5) is 5.08. The summed E-state index contributed by atoms with van der Waals surface area (Å²) in [6, 6.07) is 0. The van der Waals surface area contributed by atoms with Crippen molar-refractivity contribution >= 4 is 0 Å². The Balaban J connectivity index is 2.11. The van der Waals surface area contributed by atoms with Gasteiger partial charge in [-0.15, -0.1) is 5.06 Å². The van der Waals surface area contributed by atoms with Gasteiger partial charge in [0.1, 0.15) is 0 Å². The average molecular weight is 142 g/mol. The summed E-state index contributed by atoms with van der Waals surface area (Å²) in [5.74, 6) is 0. The second kappa shape index (κ2) is 1.94. The number of hydrogen-bond acceptors (Lipinski definition) is 3. The summed E-state index contributed by atoms with van der Waals surface area (Å²) in [5, 5.41) is 1.90. The Bertz CT molecular complexity index is 145. The molecule has 3 heteroatoms. The van der Waals surface area contributed by atoms with Gasteiger partial charge in [0.2, 0.25) is 0 Å². The summed E-state index contributed by atoms with van der Waals surface area (Å²) < 4.78 is 5.24. The molecule has 1 unspecified atom stereocenters. The SMILES string of the molecule is CCC1(CC)CO[C]2ON21. The monoisotopic (exact) mass is 142 g/mol. The van der Waals surface area contributed by atoms with Crippen molar-refractivity contribution in [3.63, 3.8) is 0 Å². The maximum absolute atomic E-state index is 5.24. The fraction of sp³-hybridized carbons (Fsp3) is 0.857. The fourth-order valence-corrected chi connectivity index (χ4v) is 1.43. The molecule has 2 fully saturated rings. The molecule has 2 heterocycles. The molecule has 0 aromatic rings. The molecule has 2 saturated heterocycles. The van der Waals surface area contributed by atoms with E-state index < -0.39 is 0 Å². The van der Waals surface area contributed by atoms with Crippen LogP contribution in [-0.4, -0.2) is 17.2 Å². The number of hydrogen-bond donors (Lipinski definition) is 0. The van der Waals surface area contributed by atoms with Crippen molar-refractivity contribution in [1.82, 2.24) is 5.06 Å². The first kappa shape index (κ1) is 6.58. The van der Waals surface area contributed by atoms with Gasteiger partial charge in [-0.3, -0.25) is 0 Å². The van der Waals surface area contributed by atoms with Gasteiger partial charge in [0.05, 0.1) is 12.1 Å². The Morgan fingerprint density at radius 3 is 2.40 bits per heavy atom. The molecule has 0 aromatic heterocycles. The minimum atomic E-state index is 0.162. The third-order valence-corrected chi connectivity index (χ3v) is 2.51. The van der Waals surface area contributed by atoms with E-state index in [1.165, 1.54) is 0 Å². The second-order valence-electron chi connectivity index (χ2n) is 2.87. The maximum Gasteiger partial charge on any atom is 0.346 e. The quantitative estimate of drug-likeness (QED) is 0.543. The summed E-state index contributed by atoms with van der Waals surface area (Å²) in [6.45, 7) is 5.13. The first-order chi connectivity index (χ1) is 4.82. The zero-order chi connectivity index (χ0) is 7.19. The van der Waals surface area contributed by atoms with Crippen LogP contribution >= 0.6 is 0 Å². The van der Waals surface area contributed by atoms with Crippen LogP contribution in [0.5, 0.6) is 0 Å². The summed E-state index contributed by atoms with van der Waals surface area (Å²) in [7, 11) is 0. The summed E-state index contributed by atoms with van der Waals surface area (Å²) >= 11 is 0. The van der Waals surface area contributed by atoms with Crippen molar-refractivity contribution in [2.75, 3.05) is 6.61 Å². The van der Waals surface area contributed by atoms with Crippen molar-refractivity contribution in [3.8, 4) is 0 Å². The molecule has 57 valence electrons. The van der Waals surface area contributed by atoms with Gasteiger partial charge < -0.3 is 4.74 Å². The van der Waals surface area contributed by atoms with Crippen LogP contribution in [0.15, 0.2) is 0 Å². The zero-order valence-electron chi connectivity index (χ0n) is 6.39. The third kappa shape index (κ3) is 0.654. The lowest BCUT2D eigenvalue weighted by molar-refractivity contribution is -0.00593.